The third kappa shape index (κ3) is 8.32. The lowest BCUT2D eigenvalue weighted by molar-refractivity contribution is -0.141. The van der Waals surface area contributed by atoms with E-state index in [0.717, 1.165) is 37.3 Å². The number of alkyl halides is 3. The molecule has 1 atom stereocenters. The first kappa shape index (κ1) is 27.1. The van der Waals surface area contributed by atoms with E-state index in [2.05, 4.69) is 15.6 Å². The number of hydrogen-bond acceptors (Lipinski definition) is 5. The summed E-state index contributed by atoms with van der Waals surface area (Å²) in [5.41, 5.74) is -0.578. The maximum Gasteiger partial charge on any atom is 0.433 e. The van der Waals surface area contributed by atoms with Crippen molar-refractivity contribution in [3.63, 3.8) is 0 Å². The molecular formula is C22H26F4N4O3S. The molecule has 0 aliphatic carbocycles. The van der Waals surface area contributed by atoms with Crippen LogP contribution in [-0.4, -0.2) is 32.1 Å². The Morgan fingerprint density at radius 1 is 1.21 bits per heavy atom. The van der Waals surface area contributed by atoms with Crippen molar-refractivity contribution in [2.75, 3.05) is 22.8 Å². The minimum atomic E-state index is -4.60. The van der Waals surface area contributed by atoms with Gasteiger partial charge < -0.3 is 10.6 Å². The first-order chi connectivity index (χ1) is 15.8. The maximum absolute atomic E-state index is 14.2. The number of carbonyl (C=O) groups is 1. The number of pyridine rings is 1. The molecule has 3 N–H and O–H groups in total. The molecule has 12 heteroatoms. The zero-order valence-corrected chi connectivity index (χ0v) is 19.6. The van der Waals surface area contributed by atoms with Gasteiger partial charge in [0.15, 0.2) is 0 Å². The highest BCUT2D eigenvalue weighted by molar-refractivity contribution is 7.92. The summed E-state index contributed by atoms with van der Waals surface area (Å²) in [4.78, 5) is 16.0. The van der Waals surface area contributed by atoms with Crippen LogP contribution >= 0.6 is 0 Å². The lowest BCUT2D eigenvalue weighted by Gasteiger charge is -2.15. The van der Waals surface area contributed by atoms with E-state index in [1.165, 1.54) is 24.3 Å². The van der Waals surface area contributed by atoms with Crippen LogP contribution in [0, 0.1) is 5.82 Å². The average molecular weight is 503 g/mol. The molecule has 0 bridgehead atoms. The highest BCUT2D eigenvalue weighted by Gasteiger charge is 2.33. The lowest BCUT2D eigenvalue weighted by atomic mass is 10.1. The van der Waals surface area contributed by atoms with Crippen molar-refractivity contribution >= 4 is 33.5 Å². The molecule has 186 valence electrons. The second-order valence-electron chi connectivity index (χ2n) is 7.59. The summed E-state index contributed by atoms with van der Waals surface area (Å²) in [6.07, 6.45) is 0.340. The van der Waals surface area contributed by atoms with E-state index in [0.29, 0.717) is 17.7 Å². The first-order valence-electron chi connectivity index (χ1n) is 10.4. The van der Waals surface area contributed by atoms with Crippen molar-refractivity contribution in [2.45, 2.75) is 38.9 Å². The van der Waals surface area contributed by atoms with E-state index in [9.17, 15) is 30.8 Å². The summed E-state index contributed by atoms with van der Waals surface area (Å²) >= 11 is 0. The fraction of sp³-hybridized carbons (Fsp3) is 0.364. The minimum Gasteiger partial charge on any atom is -0.370 e. The number of carbonyl (C=O) groups excluding carboxylic acids is 1. The van der Waals surface area contributed by atoms with Crippen molar-refractivity contribution in [2.24, 2.45) is 0 Å². The number of sulfonamides is 1. The first-order valence-corrected chi connectivity index (χ1v) is 12.3. The monoisotopic (exact) mass is 502 g/mol. The highest BCUT2D eigenvalue weighted by Crippen LogP contribution is 2.30. The molecule has 0 radical (unpaired) electrons. The number of halogens is 4. The Hall–Kier alpha value is -3.15. The van der Waals surface area contributed by atoms with E-state index in [1.54, 1.807) is 6.92 Å². The van der Waals surface area contributed by atoms with Gasteiger partial charge in [-0.2, -0.15) is 13.2 Å². The van der Waals surface area contributed by atoms with E-state index < -0.39 is 39.7 Å². The van der Waals surface area contributed by atoms with E-state index >= 15 is 0 Å². The van der Waals surface area contributed by atoms with E-state index in [4.69, 9.17) is 0 Å². The van der Waals surface area contributed by atoms with Gasteiger partial charge in [0.2, 0.25) is 15.9 Å². The largest absolute Gasteiger partial charge is 0.433 e. The van der Waals surface area contributed by atoms with Crippen LogP contribution in [0.5, 0.6) is 0 Å². The smallest absolute Gasteiger partial charge is 0.370 e. The third-order valence-corrected chi connectivity index (χ3v) is 5.19. The molecule has 0 saturated carbocycles. The molecule has 0 fully saturated rings. The Morgan fingerprint density at radius 3 is 2.50 bits per heavy atom. The number of anilines is 2. The predicted octanol–water partition coefficient (Wildman–Crippen LogP) is 4.71. The molecule has 7 nitrogen and oxygen atoms in total. The van der Waals surface area contributed by atoms with Crippen LogP contribution in [0.15, 0.2) is 36.4 Å². The fourth-order valence-electron chi connectivity index (χ4n) is 2.88. The molecule has 0 saturated heterocycles. The number of hydrogen-bond donors (Lipinski definition) is 3. The topological polar surface area (TPSA) is 100 Å². The summed E-state index contributed by atoms with van der Waals surface area (Å²) in [6.45, 7) is 3.96. The van der Waals surface area contributed by atoms with Gasteiger partial charge in [0, 0.05) is 18.2 Å². The fourth-order valence-corrected chi connectivity index (χ4v) is 3.45. The molecule has 2 aromatic rings. The van der Waals surface area contributed by atoms with Crippen LogP contribution in [-0.2, 0) is 21.0 Å². The molecule has 2 rings (SSSR count). The molecule has 1 heterocycles. The van der Waals surface area contributed by atoms with Crippen molar-refractivity contribution in [3.05, 3.63) is 59.0 Å². The van der Waals surface area contributed by atoms with Gasteiger partial charge in [-0.1, -0.05) is 19.4 Å². The molecule has 0 aliphatic rings. The normalized spacial score (nSPS) is 13.0. The van der Waals surface area contributed by atoms with Gasteiger partial charge in [0.1, 0.15) is 17.3 Å². The van der Waals surface area contributed by atoms with Gasteiger partial charge in [-0.25, -0.2) is 17.8 Å². The molecule has 0 aliphatic heterocycles. The van der Waals surface area contributed by atoms with Gasteiger partial charge in [-0.3, -0.25) is 9.52 Å². The minimum absolute atomic E-state index is 0.0106. The van der Waals surface area contributed by atoms with Gasteiger partial charge >= 0.3 is 6.18 Å². The Bertz CT molecular complexity index is 1150. The van der Waals surface area contributed by atoms with Gasteiger partial charge in [0.05, 0.1) is 18.0 Å². The maximum atomic E-state index is 14.2. The summed E-state index contributed by atoms with van der Waals surface area (Å²) in [7, 11) is -3.65. The quantitative estimate of drug-likeness (QED) is 0.248. The summed E-state index contributed by atoms with van der Waals surface area (Å²) in [6, 6.07) is 5.22. The zero-order chi connectivity index (χ0) is 25.5. The number of rotatable bonds is 10. The Labute approximate surface area is 195 Å². The van der Waals surface area contributed by atoms with E-state index in [1.807, 2.05) is 11.6 Å². The van der Waals surface area contributed by atoms with Crippen molar-refractivity contribution in [1.29, 1.82) is 0 Å². The van der Waals surface area contributed by atoms with E-state index in [-0.39, 0.29) is 11.5 Å². The predicted molar refractivity (Wildman–Crippen MR) is 123 cm³/mol. The van der Waals surface area contributed by atoms with Crippen LogP contribution in [0.1, 0.15) is 49.6 Å². The summed E-state index contributed by atoms with van der Waals surface area (Å²) in [5, 5.41) is 5.48. The number of benzene rings is 1. The van der Waals surface area contributed by atoms with Crippen LogP contribution in [0.2, 0.25) is 0 Å². The number of aromatic nitrogens is 1. The number of unbranched alkanes of at least 4 members (excludes halogenated alkanes) is 1. The second kappa shape index (κ2) is 11.3. The SMILES string of the molecule is CCCCNc1nc(C(F)(F)F)ccc1C=CC(=O)NC(C)c1ccc(NS(C)(=O)=O)c(F)c1. The van der Waals surface area contributed by atoms with Crippen LogP contribution in [0.3, 0.4) is 0 Å². The molecule has 0 spiro atoms. The number of nitrogens with one attached hydrogen (secondary N) is 3. The van der Waals surface area contributed by atoms with Gasteiger partial charge in [-0.15, -0.1) is 0 Å². The second-order valence-corrected chi connectivity index (χ2v) is 9.34. The summed E-state index contributed by atoms with van der Waals surface area (Å²) < 4.78 is 77.8. The van der Waals surface area contributed by atoms with Crippen LogP contribution in [0.25, 0.3) is 6.08 Å². The van der Waals surface area contributed by atoms with Crippen LogP contribution < -0.4 is 15.4 Å². The Morgan fingerprint density at radius 2 is 1.91 bits per heavy atom. The van der Waals surface area contributed by atoms with Gasteiger partial charge in [-0.05, 0) is 49.2 Å². The number of amides is 1. The highest BCUT2D eigenvalue weighted by atomic mass is 32.2. The standard InChI is InChI=1S/C22H26F4N4O3S/c1-4-5-12-27-21-15(7-10-19(29-21)22(24,25)26)8-11-20(31)28-14(2)16-6-9-18(17(23)13-16)30-34(3,32)33/h6-11,13-14,30H,4-5,12H2,1-3H3,(H,27,29)(H,28,31). The Balaban J connectivity index is 2.13. The molecule has 34 heavy (non-hydrogen) atoms. The molecule has 1 amide bonds. The molecule has 1 unspecified atom stereocenters. The van der Waals surface area contributed by atoms with Crippen molar-refractivity contribution in [1.82, 2.24) is 10.3 Å². The average Bonchev–Trinajstić information content (AvgIpc) is 2.72. The molecular weight excluding hydrogens is 476 g/mol. The summed E-state index contributed by atoms with van der Waals surface area (Å²) in [5.74, 6) is -1.36. The van der Waals surface area contributed by atoms with Crippen molar-refractivity contribution < 1.29 is 30.8 Å². The zero-order valence-electron chi connectivity index (χ0n) is 18.8. The Kier molecular flexibility index (Phi) is 9.02. The number of nitrogens with zero attached hydrogens (tertiary/aromatic N) is 1. The van der Waals surface area contributed by atoms with Crippen molar-refractivity contribution in [3.8, 4) is 0 Å². The molecule has 1 aromatic heterocycles. The van der Waals surface area contributed by atoms with Gasteiger partial charge in [0.25, 0.3) is 0 Å². The third-order valence-electron chi connectivity index (χ3n) is 4.60. The van der Waals surface area contributed by atoms with Crippen LogP contribution in [0.4, 0.5) is 29.1 Å². The molecule has 1 aromatic carbocycles. The lowest BCUT2D eigenvalue weighted by Crippen LogP contribution is -2.24.